The van der Waals surface area contributed by atoms with Crippen LogP contribution in [-0.2, 0) is 9.53 Å². The largest absolute Gasteiger partial charge is 0.463 e. The number of hydrogen-bond donors (Lipinski definition) is 0. The standard InChI is InChI=1S/C15H19NO2/c1-4-18-15(17)11-10-12(2)16-13(3)14-8-6-5-7-9-14/h5-11,13H,4H2,1-3H3/b11-10+,16-12?/t13-/m0/s1. The lowest BCUT2D eigenvalue weighted by atomic mass is 10.1. The van der Waals surface area contributed by atoms with E-state index in [0.29, 0.717) is 6.61 Å². The second-order valence-electron chi connectivity index (χ2n) is 3.94. The van der Waals surface area contributed by atoms with Crippen molar-refractivity contribution in [3.63, 3.8) is 0 Å². The SMILES string of the molecule is CCOC(=O)/C=C/C(C)=N[C@@H](C)c1ccccc1. The first-order valence-electron chi connectivity index (χ1n) is 6.07. The van der Waals surface area contributed by atoms with Gasteiger partial charge in [-0.3, -0.25) is 4.99 Å². The molecule has 0 fully saturated rings. The molecule has 96 valence electrons. The molecule has 18 heavy (non-hydrogen) atoms. The van der Waals surface area contributed by atoms with E-state index in [9.17, 15) is 4.79 Å². The van der Waals surface area contributed by atoms with Crippen molar-refractivity contribution in [2.24, 2.45) is 4.99 Å². The molecule has 0 N–H and O–H groups in total. The molecule has 0 bridgehead atoms. The minimum Gasteiger partial charge on any atom is -0.463 e. The van der Waals surface area contributed by atoms with Crippen molar-refractivity contribution in [3.8, 4) is 0 Å². The normalized spacial score (nSPS) is 13.6. The molecule has 0 aliphatic rings. The molecule has 0 aliphatic carbocycles. The molecule has 3 heteroatoms. The number of carbonyl (C=O) groups excluding carboxylic acids is 1. The third-order valence-corrected chi connectivity index (χ3v) is 2.43. The number of allylic oxidation sites excluding steroid dienone is 1. The van der Waals surface area contributed by atoms with E-state index >= 15 is 0 Å². The van der Waals surface area contributed by atoms with Crippen LogP contribution in [0.25, 0.3) is 0 Å². The second-order valence-corrected chi connectivity index (χ2v) is 3.94. The first kappa shape index (κ1) is 14.2. The topological polar surface area (TPSA) is 38.7 Å². The Morgan fingerprint density at radius 3 is 2.61 bits per heavy atom. The van der Waals surface area contributed by atoms with Crippen molar-refractivity contribution in [1.82, 2.24) is 0 Å². The maximum Gasteiger partial charge on any atom is 0.330 e. The van der Waals surface area contributed by atoms with Gasteiger partial charge in [0, 0.05) is 11.8 Å². The van der Waals surface area contributed by atoms with Gasteiger partial charge in [-0.15, -0.1) is 0 Å². The summed E-state index contributed by atoms with van der Waals surface area (Å²) < 4.78 is 4.80. The number of aliphatic imine (C=N–C) groups is 1. The van der Waals surface area contributed by atoms with Gasteiger partial charge in [-0.25, -0.2) is 4.79 Å². The molecule has 0 aromatic heterocycles. The second kappa shape index (κ2) is 7.43. The summed E-state index contributed by atoms with van der Waals surface area (Å²) in [5, 5.41) is 0. The van der Waals surface area contributed by atoms with E-state index in [4.69, 9.17) is 4.74 Å². The van der Waals surface area contributed by atoms with E-state index in [-0.39, 0.29) is 12.0 Å². The molecule has 3 nitrogen and oxygen atoms in total. The van der Waals surface area contributed by atoms with E-state index in [2.05, 4.69) is 4.99 Å². The molecule has 0 radical (unpaired) electrons. The molecule has 0 saturated carbocycles. The van der Waals surface area contributed by atoms with Gasteiger partial charge < -0.3 is 4.74 Å². The molecule has 0 heterocycles. The number of nitrogens with zero attached hydrogens (tertiary/aromatic N) is 1. The molecule has 0 aliphatic heterocycles. The van der Waals surface area contributed by atoms with Crippen LogP contribution < -0.4 is 0 Å². The van der Waals surface area contributed by atoms with Crippen molar-refractivity contribution in [1.29, 1.82) is 0 Å². The van der Waals surface area contributed by atoms with Crippen molar-refractivity contribution >= 4 is 11.7 Å². The van der Waals surface area contributed by atoms with Crippen LogP contribution in [0.3, 0.4) is 0 Å². The van der Waals surface area contributed by atoms with E-state index in [1.807, 2.05) is 44.2 Å². The molecule has 0 unspecified atom stereocenters. The lowest BCUT2D eigenvalue weighted by molar-refractivity contribution is -0.137. The van der Waals surface area contributed by atoms with E-state index in [0.717, 1.165) is 11.3 Å². The molecule has 1 rings (SSSR count). The zero-order valence-electron chi connectivity index (χ0n) is 11.1. The van der Waals surface area contributed by atoms with Crippen molar-refractivity contribution in [2.75, 3.05) is 6.61 Å². The summed E-state index contributed by atoms with van der Waals surface area (Å²) in [4.78, 5) is 15.6. The Labute approximate surface area is 108 Å². The summed E-state index contributed by atoms with van der Waals surface area (Å²) >= 11 is 0. The Balaban J connectivity index is 2.63. The van der Waals surface area contributed by atoms with Crippen LogP contribution >= 0.6 is 0 Å². The molecule has 1 atom stereocenters. The smallest absolute Gasteiger partial charge is 0.330 e. The number of ether oxygens (including phenoxy) is 1. The summed E-state index contributed by atoms with van der Waals surface area (Å²) in [6.07, 6.45) is 3.08. The molecular weight excluding hydrogens is 226 g/mol. The maximum atomic E-state index is 11.1. The highest BCUT2D eigenvalue weighted by Crippen LogP contribution is 2.15. The predicted molar refractivity (Wildman–Crippen MR) is 73.7 cm³/mol. The Bertz CT molecular complexity index is 435. The number of hydrogen-bond acceptors (Lipinski definition) is 3. The van der Waals surface area contributed by atoms with Gasteiger partial charge in [0.05, 0.1) is 12.6 Å². The van der Waals surface area contributed by atoms with Crippen LogP contribution in [0, 0.1) is 0 Å². The predicted octanol–water partition coefficient (Wildman–Crippen LogP) is 3.33. The summed E-state index contributed by atoms with van der Waals surface area (Å²) in [5.41, 5.74) is 1.96. The lowest BCUT2D eigenvalue weighted by Crippen LogP contribution is -2.00. The minimum absolute atomic E-state index is 0.0815. The Morgan fingerprint density at radius 1 is 1.33 bits per heavy atom. The lowest BCUT2D eigenvalue weighted by Gasteiger charge is -2.06. The summed E-state index contributed by atoms with van der Waals surface area (Å²) in [7, 11) is 0. The van der Waals surface area contributed by atoms with E-state index in [1.54, 1.807) is 13.0 Å². The van der Waals surface area contributed by atoms with Gasteiger partial charge in [0.1, 0.15) is 0 Å². The number of rotatable bonds is 5. The molecule has 1 aromatic rings. The highest BCUT2D eigenvalue weighted by Gasteiger charge is 2.01. The summed E-state index contributed by atoms with van der Waals surface area (Å²) in [6, 6.07) is 10.1. The Kier molecular flexibility index (Phi) is 5.85. The fraction of sp³-hybridized carbons (Fsp3) is 0.333. The number of benzene rings is 1. The van der Waals surface area contributed by atoms with Crippen molar-refractivity contribution < 1.29 is 9.53 Å². The van der Waals surface area contributed by atoms with Gasteiger partial charge in [-0.2, -0.15) is 0 Å². The molecular formula is C15H19NO2. The van der Waals surface area contributed by atoms with Gasteiger partial charge in [0.2, 0.25) is 0 Å². The fourth-order valence-corrected chi connectivity index (χ4v) is 1.53. The zero-order valence-corrected chi connectivity index (χ0v) is 11.1. The quantitative estimate of drug-likeness (QED) is 0.453. The molecule has 0 spiro atoms. The van der Waals surface area contributed by atoms with Gasteiger partial charge in [-0.05, 0) is 32.4 Å². The maximum absolute atomic E-state index is 11.1. The number of carbonyl (C=O) groups is 1. The zero-order chi connectivity index (χ0) is 13.4. The van der Waals surface area contributed by atoms with Crippen LogP contribution in [0.5, 0.6) is 0 Å². The van der Waals surface area contributed by atoms with Crippen LogP contribution in [0.2, 0.25) is 0 Å². The van der Waals surface area contributed by atoms with E-state index in [1.165, 1.54) is 6.08 Å². The first-order valence-corrected chi connectivity index (χ1v) is 6.07. The molecule has 1 aromatic carbocycles. The molecule has 0 amide bonds. The first-order chi connectivity index (χ1) is 8.63. The number of esters is 1. The molecule has 0 saturated heterocycles. The minimum atomic E-state index is -0.334. The Hall–Kier alpha value is -1.90. The van der Waals surface area contributed by atoms with Crippen LogP contribution in [0.4, 0.5) is 0 Å². The van der Waals surface area contributed by atoms with Gasteiger partial charge in [-0.1, -0.05) is 30.3 Å². The average Bonchev–Trinajstić information content (AvgIpc) is 2.38. The monoisotopic (exact) mass is 245 g/mol. The van der Waals surface area contributed by atoms with Crippen molar-refractivity contribution in [3.05, 3.63) is 48.0 Å². The highest BCUT2D eigenvalue weighted by molar-refractivity contribution is 5.98. The van der Waals surface area contributed by atoms with Gasteiger partial charge in [0.15, 0.2) is 0 Å². The summed E-state index contributed by atoms with van der Waals surface area (Å²) in [6.45, 7) is 6.07. The summed E-state index contributed by atoms with van der Waals surface area (Å²) in [5.74, 6) is -0.334. The Morgan fingerprint density at radius 2 is 2.00 bits per heavy atom. The third kappa shape index (κ3) is 4.95. The van der Waals surface area contributed by atoms with Crippen molar-refractivity contribution in [2.45, 2.75) is 26.8 Å². The highest BCUT2D eigenvalue weighted by atomic mass is 16.5. The van der Waals surface area contributed by atoms with Crippen LogP contribution in [0.1, 0.15) is 32.4 Å². The fourth-order valence-electron chi connectivity index (χ4n) is 1.53. The van der Waals surface area contributed by atoms with Gasteiger partial charge >= 0.3 is 5.97 Å². The average molecular weight is 245 g/mol. The van der Waals surface area contributed by atoms with E-state index < -0.39 is 0 Å². The van der Waals surface area contributed by atoms with Gasteiger partial charge in [0.25, 0.3) is 0 Å². The third-order valence-electron chi connectivity index (χ3n) is 2.43. The van der Waals surface area contributed by atoms with Crippen LogP contribution in [-0.4, -0.2) is 18.3 Å². The van der Waals surface area contributed by atoms with Crippen LogP contribution in [0.15, 0.2) is 47.5 Å².